The molecule has 1 aliphatic heterocycles. The zero-order valence-electron chi connectivity index (χ0n) is 17.4. The molecular formula is C26H22ClN3OS. The molecule has 0 N–H and O–H groups in total. The normalized spacial score (nSPS) is 15.8. The van der Waals surface area contributed by atoms with E-state index in [1.54, 1.807) is 0 Å². The summed E-state index contributed by atoms with van der Waals surface area (Å²) in [5, 5.41) is 5.50. The van der Waals surface area contributed by atoms with Crippen LogP contribution in [-0.4, -0.2) is 38.3 Å². The number of carbonyl (C=O) groups excluding carboxylic acids is 1. The molecule has 2 heterocycles. The van der Waals surface area contributed by atoms with Crippen LogP contribution in [0.5, 0.6) is 0 Å². The third-order valence-electron chi connectivity index (χ3n) is 5.63. The van der Waals surface area contributed by atoms with Crippen molar-refractivity contribution in [2.45, 2.75) is 11.8 Å². The molecule has 1 aromatic heterocycles. The summed E-state index contributed by atoms with van der Waals surface area (Å²) >= 11 is 7.98. The second-order valence-electron chi connectivity index (χ2n) is 7.67. The Morgan fingerprint density at radius 2 is 1.66 bits per heavy atom. The summed E-state index contributed by atoms with van der Waals surface area (Å²) in [7, 11) is 0. The second-order valence-corrected chi connectivity index (χ2v) is 9.39. The first-order chi connectivity index (χ1) is 15.7. The number of aromatic nitrogens is 2. The molecule has 1 aliphatic rings. The largest absolute Gasteiger partial charge is 0.326 e. The summed E-state index contributed by atoms with van der Waals surface area (Å²) in [6.45, 7) is 0.756. The molecule has 1 fully saturated rings. The van der Waals surface area contributed by atoms with E-state index in [0.717, 1.165) is 46.8 Å². The van der Waals surface area contributed by atoms with Crippen LogP contribution in [0, 0.1) is 0 Å². The minimum Gasteiger partial charge on any atom is -0.326 e. The summed E-state index contributed by atoms with van der Waals surface area (Å²) in [5.74, 6) is 1.02. The number of hydrogen-bond acceptors (Lipinski definition) is 3. The Kier molecular flexibility index (Phi) is 6.02. The van der Waals surface area contributed by atoms with Crippen LogP contribution in [0.4, 0.5) is 0 Å². The van der Waals surface area contributed by atoms with Crippen molar-refractivity contribution in [3.8, 4) is 16.9 Å². The molecule has 4 nitrogen and oxygen atoms in total. The zero-order valence-corrected chi connectivity index (χ0v) is 19.0. The monoisotopic (exact) mass is 459 g/mol. The molecule has 32 heavy (non-hydrogen) atoms. The highest BCUT2D eigenvalue weighted by Crippen LogP contribution is 2.34. The van der Waals surface area contributed by atoms with Crippen molar-refractivity contribution >= 4 is 29.3 Å². The fourth-order valence-electron chi connectivity index (χ4n) is 4.07. The van der Waals surface area contributed by atoms with Gasteiger partial charge in [-0.3, -0.25) is 4.79 Å². The SMILES string of the molecule is O=C(c1ccccc1)N1CCSC1Cc1cnn(-c2ccccc2)c1-c1ccc(Cl)cc1. The predicted molar refractivity (Wildman–Crippen MR) is 131 cm³/mol. The highest BCUT2D eigenvalue weighted by molar-refractivity contribution is 8.00. The average Bonchev–Trinajstić information content (AvgIpc) is 3.48. The van der Waals surface area contributed by atoms with Gasteiger partial charge < -0.3 is 4.90 Å². The zero-order chi connectivity index (χ0) is 21.9. The van der Waals surface area contributed by atoms with Gasteiger partial charge >= 0.3 is 0 Å². The molecule has 4 aromatic rings. The van der Waals surface area contributed by atoms with Crippen molar-refractivity contribution in [3.63, 3.8) is 0 Å². The minimum absolute atomic E-state index is 0.0715. The lowest BCUT2D eigenvalue weighted by atomic mass is 10.0. The first-order valence-electron chi connectivity index (χ1n) is 10.6. The summed E-state index contributed by atoms with van der Waals surface area (Å²) in [6.07, 6.45) is 2.66. The van der Waals surface area contributed by atoms with Crippen molar-refractivity contribution in [1.29, 1.82) is 0 Å². The van der Waals surface area contributed by atoms with E-state index in [1.165, 1.54) is 0 Å². The van der Waals surface area contributed by atoms with E-state index in [1.807, 2.05) is 112 Å². The van der Waals surface area contributed by atoms with Crippen molar-refractivity contribution < 1.29 is 4.79 Å². The van der Waals surface area contributed by atoms with Crippen LogP contribution in [0.15, 0.2) is 91.1 Å². The lowest BCUT2D eigenvalue weighted by molar-refractivity contribution is 0.0761. The molecule has 0 radical (unpaired) electrons. The molecule has 1 unspecified atom stereocenters. The fraction of sp³-hybridized carbons (Fsp3) is 0.154. The molecule has 160 valence electrons. The average molecular weight is 460 g/mol. The Hall–Kier alpha value is -3.02. The maximum atomic E-state index is 13.1. The van der Waals surface area contributed by atoms with Crippen LogP contribution in [0.25, 0.3) is 16.9 Å². The van der Waals surface area contributed by atoms with E-state index < -0.39 is 0 Å². The molecule has 3 aromatic carbocycles. The summed E-state index contributed by atoms with van der Waals surface area (Å²) in [5.41, 5.74) is 4.93. The van der Waals surface area contributed by atoms with Gasteiger partial charge in [-0.2, -0.15) is 5.10 Å². The Balaban J connectivity index is 1.50. The van der Waals surface area contributed by atoms with Gasteiger partial charge in [0.1, 0.15) is 0 Å². The minimum atomic E-state index is 0.0715. The van der Waals surface area contributed by atoms with Gasteiger partial charge in [-0.25, -0.2) is 4.68 Å². The number of benzene rings is 3. The number of para-hydroxylation sites is 1. The Bertz CT molecular complexity index is 1210. The predicted octanol–water partition coefficient (Wildman–Crippen LogP) is 5.95. The summed E-state index contributed by atoms with van der Waals surface area (Å²) in [4.78, 5) is 15.1. The van der Waals surface area contributed by atoms with Gasteiger partial charge in [0.25, 0.3) is 5.91 Å². The first-order valence-corrected chi connectivity index (χ1v) is 12.0. The second kappa shape index (κ2) is 9.23. The highest BCUT2D eigenvalue weighted by atomic mass is 35.5. The maximum Gasteiger partial charge on any atom is 0.254 e. The molecule has 1 atom stereocenters. The van der Waals surface area contributed by atoms with E-state index in [9.17, 15) is 4.79 Å². The lowest BCUT2D eigenvalue weighted by Gasteiger charge is -2.24. The molecular weight excluding hydrogens is 438 g/mol. The van der Waals surface area contributed by atoms with Crippen molar-refractivity contribution in [2.24, 2.45) is 0 Å². The standard InChI is InChI=1S/C26H22ClN3OS/c27-22-13-11-19(12-14-22)25-21(18-28-30(25)23-9-5-2-6-10-23)17-24-29(15-16-32-24)26(31)20-7-3-1-4-8-20/h1-14,18,24H,15-17H2. The number of halogens is 1. The van der Waals surface area contributed by atoms with Crippen LogP contribution < -0.4 is 0 Å². The maximum absolute atomic E-state index is 13.1. The van der Waals surface area contributed by atoms with Crippen LogP contribution in [0.2, 0.25) is 5.02 Å². The molecule has 1 amide bonds. The summed E-state index contributed by atoms with van der Waals surface area (Å²) in [6, 6.07) is 27.5. The van der Waals surface area contributed by atoms with Crippen molar-refractivity contribution in [3.05, 3.63) is 107 Å². The fourth-order valence-corrected chi connectivity index (χ4v) is 5.45. The molecule has 5 rings (SSSR count). The molecule has 1 saturated heterocycles. The number of nitrogens with zero attached hydrogens (tertiary/aromatic N) is 3. The molecule has 0 bridgehead atoms. The van der Waals surface area contributed by atoms with Crippen LogP contribution in [-0.2, 0) is 6.42 Å². The lowest BCUT2D eigenvalue weighted by Crippen LogP contribution is -2.36. The summed E-state index contributed by atoms with van der Waals surface area (Å²) < 4.78 is 1.97. The molecule has 0 aliphatic carbocycles. The van der Waals surface area contributed by atoms with Crippen LogP contribution in [0.1, 0.15) is 15.9 Å². The third kappa shape index (κ3) is 4.18. The Morgan fingerprint density at radius 3 is 2.38 bits per heavy atom. The number of carbonyl (C=O) groups is 1. The van der Waals surface area contributed by atoms with Crippen molar-refractivity contribution in [2.75, 3.05) is 12.3 Å². The third-order valence-corrected chi connectivity index (χ3v) is 7.11. The Morgan fingerprint density at radius 1 is 0.969 bits per heavy atom. The van der Waals surface area contributed by atoms with Gasteiger partial charge in [-0.05, 0) is 36.4 Å². The smallest absolute Gasteiger partial charge is 0.254 e. The molecule has 6 heteroatoms. The van der Waals surface area contributed by atoms with Gasteiger partial charge in [0, 0.05) is 40.4 Å². The van der Waals surface area contributed by atoms with E-state index >= 15 is 0 Å². The number of hydrogen-bond donors (Lipinski definition) is 0. The Labute approximate surface area is 196 Å². The molecule has 0 saturated carbocycles. The van der Waals surface area contributed by atoms with Gasteiger partial charge in [0.05, 0.1) is 23.0 Å². The quantitative estimate of drug-likeness (QED) is 0.370. The highest BCUT2D eigenvalue weighted by Gasteiger charge is 2.31. The first kappa shape index (κ1) is 20.9. The van der Waals surface area contributed by atoms with Gasteiger partial charge in [0.2, 0.25) is 0 Å². The van der Waals surface area contributed by atoms with E-state index in [-0.39, 0.29) is 11.3 Å². The van der Waals surface area contributed by atoms with Gasteiger partial charge in [-0.15, -0.1) is 11.8 Å². The number of amides is 1. The number of thioether (sulfide) groups is 1. The van der Waals surface area contributed by atoms with Crippen LogP contribution in [0.3, 0.4) is 0 Å². The topological polar surface area (TPSA) is 38.1 Å². The van der Waals surface area contributed by atoms with E-state index in [2.05, 4.69) is 0 Å². The van der Waals surface area contributed by atoms with E-state index in [4.69, 9.17) is 16.7 Å². The van der Waals surface area contributed by atoms with E-state index in [0.29, 0.717) is 5.02 Å². The van der Waals surface area contributed by atoms with Crippen molar-refractivity contribution in [1.82, 2.24) is 14.7 Å². The number of rotatable bonds is 5. The molecule has 0 spiro atoms. The van der Waals surface area contributed by atoms with Gasteiger partial charge in [-0.1, -0.05) is 60.1 Å². The van der Waals surface area contributed by atoms with Gasteiger partial charge in [0.15, 0.2) is 0 Å². The van der Waals surface area contributed by atoms with Crippen LogP contribution >= 0.6 is 23.4 Å².